The molecule has 6 heteroatoms. The van der Waals surface area contributed by atoms with Gasteiger partial charge in [-0.05, 0) is 98.5 Å². The van der Waals surface area contributed by atoms with E-state index in [1.165, 1.54) is 0 Å². The molecule has 4 aromatic rings. The van der Waals surface area contributed by atoms with Gasteiger partial charge in [-0.3, -0.25) is 0 Å². The summed E-state index contributed by atoms with van der Waals surface area (Å²) >= 11 is 0. The van der Waals surface area contributed by atoms with E-state index < -0.39 is 30.5 Å². The summed E-state index contributed by atoms with van der Waals surface area (Å²) < 4.78 is 25.9. The lowest BCUT2D eigenvalue weighted by Gasteiger charge is -2.45. The molecule has 0 aliphatic carbocycles. The zero-order valence-electron chi connectivity index (χ0n) is 27.3. The molecule has 4 nitrogen and oxygen atoms in total. The Morgan fingerprint density at radius 2 is 0.727 bits per heavy atom. The van der Waals surface area contributed by atoms with Crippen LogP contribution in [0.25, 0.3) is 23.3 Å². The van der Waals surface area contributed by atoms with E-state index >= 15 is 0 Å². The van der Waals surface area contributed by atoms with Crippen LogP contribution in [0, 0.1) is 0 Å². The normalized spacial score (nSPS) is 13.0. The second kappa shape index (κ2) is 13.1. The molecule has 0 aliphatic rings. The molecule has 0 aliphatic heterocycles. The average Bonchev–Trinajstić information content (AvgIpc) is 2.98. The number of benzene rings is 4. The summed E-state index contributed by atoms with van der Waals surface area (Å²) in [5.41, 5.74) is 4.33. The maximum atomic E-state index is 6.54. The van der Waals surface area contributed by atoms with Gasteiger partial charge < -0.3 is 17.8 Å². The Bertz CT molecular complexity index is 1430. The lowest BCUT2D eigenvalue weighted by molar-refractivity contribution is 0.194. The molecule has 0 bridgehead atoms. The standard InChI is InChI=1S/C38H46O4S2/c1-11-29-13-21-33(22-14-29)39-37(3,4)44(9,10)42-36-27-19-32(20-28-36)31-17-25-34(26-18-31)40-38(5,6)43(7,8)41-35-23-15-30(12-2)16-24-35/h11-28H,1-2H2,3-10H3. The van der Waals surface area contributed by atoms with Gasteiger partial charge in [0.1, 0.15) is 23.0 Å². The van der Waals surface area contributed by atoms with E-state index in [1.54, 1.807) is 0 Å². The van der Waals surface area contributed by atoms with Crippen molar-refractivity contribution in [2.24, 2.45) is 0 Å². The van der Waals surface area contributed by atoms with E-state index in [-0.39, 0.29) is 0 Å². The third-order valence-corrected chi connectivity index (χ3v) is 14.1. The van der Waals surface area contributed by atoms with Gasteiger partial charge in [-0.15, -0.1) is 0 Å². The number of hydrogen-bond acceptors (Lipinski definition) is 4. The van der Waals surface area contributed by atoms with Gasteiger partial charge in [0.2, 0.25) is 0 Å². The summed E-state index contributed by atoms with van der Waals surface area (Å²) in [6.07, 6.45) is 12.2. The molecule has 0 saturated heterocycles. The molecule has 0 fully saturated rings. The molecule has 0 heterocycles. The maximum Gasteiger partial charge on any atom is 0.162 e. The predicted molar refractivity (Wildman–Crippen MR) is 194 cm³/mol. The highest BCUT2D eigenvalue weighted by Crippen LogP contribution is 2.55. The van der Waals surface area contributed by atoms with Crippen molar-refractivity contribution in [1.82, 2.24) is 0 Å². The predicted octanol–water partition coefficient (Wildman–Crippen LogP) is 11.0. The lowest BCUT2D eigenvalue weighted by Crippen LogP contribution is -2.36. The van der Waals surface area contributed by atoms with Crippen LogP contribution in [0.1, 0.15) is 38.8 Å². The van der Waals surface area contributed by atoms with Crippen molar-refractivity contribution in [3.05, 3.63) is 121 Å². The van der Waals surface area contributed by atoms with Crippen LogP contribution in [0.5, 0.6) is 23.0 Å². The van der Waals surface area contributed by atoms with Gasteiger partial charge in [-0.25, -0.2) is 0 Å². The third kappa shape index (κ3) is 7.85. The van der Waals surface area contributed by atoms with Crippen LogP contribution in [0.3, 0.4) is 0 Å². The van der Waals surface area contributed by atoms with E-state index in [0.29, 0.717) is 0 Å². The molecular weight excluding hydrogens is 585 g/mol. The quantitative estimate of drug-likeness (QED) is 0.147. The smallest absolute Gasteiger partial charge is 0.162 e. The molecular formula is C38H46O4S2. The van der Waals surface area contributed by atoms with Gasteiger partial charge >= 0.3 is 0 Å². The molecule has 44 heavy (non-hydrogen) atoms. The molecule has 0 atom stereocenters. The highest BCUT2D eigenvalue weighted by molar-refractivity contribution is 8.30. The Balaban J connectivity index is 1.39. The van der Waals surface area contributed by atoms with E-state index in [4.69, 9.17) is 17.8 Å². The van der Waals surface area contributed by atoms with Crippen LogP contribution in [0.4, 0.5) is 0 Å². The molecule has 0 amide bonds. The molecule has 234 valence electrons. The Kier molecular flexibility index (Phi) is 9.86. The van der Waals surface area contributed by atoms with E-state index in [2.05, 4.69) is 90.1 Å². The van der Waals surface area contributed by atoms with E-state index in [9.17, 15) is 0 Å². The zero-order valence-corrected chi connectivity index (χ0v) is 28.9. The summed E-state index contributed by atoms with van der Waals surface area (Å²) in [7, 11) is -3.25. The van der Waals surface area contributed by atoms with E-state index in [0.717, 1.165) is 45.3 Å². The fourth-order valence-electron chi connectivity index (χ4n) is 4.20. The van der Waals surface area contributed by atoms with Crippen molar-refractivity contribution in [2.75, 3.05) is 25.0 Å². The fraction of sp³-hybridized carbons (Fsp3) is 0.263. The molecule has 0 N–H and O–H groups in total. The maximum absolute atomic E-state index is 6.54. The first-order valence-electron chi connectivity index (χ1n) is 14.5. The van der Waals surface area contributed by atoms with Crippen molar-refractivity contribution < 1.29 is 17.8 Å². The topological polar surface area (TPSA) is 36.9 Å². The fourth-order valence-corrected chi connectivity index (χ4v) is 6.38. The summed E-state index contributed by atoms with van der Waals surface area (Å²) in [5.74, 6) is 3.26. The molecule has 0 radical (unpaired) electrons. The van der Waals surface area contributed by atoms with Gasteiger partial charge in [0.25, 0.3) is 0 Å². The molecule has 0 unspecified atom stereocenters. The van der Waals surface area contributed by atoms with Gasteiger partial charge in [-0.2, -0.15) is 0 Å². The van der Waals surface area contributed by atoms with Crippen molar-refractivity contribution in [2.45, 2.75) is 37.6 Å². The van der Waals surface area contributed by atoms with Crippen LogP contribution in [0.15, 0.2) is 110 Å². The second-order valence-corrected chi connectivity index (χ2v) is 19.5. The summed E-state index contributed by atoms with van der Waals surface area (Å²) in [6, 6.07) is 32.4. The minimum Gasteiger partial charge on any atom is -0.476 e. The highest BCUT2D eigenvalue weighted by Gasteiger charge is 2.38. The number of rotatable bonds is 13. The van der Waals surface area contributed by atoms with Crippen LogP contribution < -0.4 is 17.8 Å². The first kappa shape index (κ1) is 33.2. The largest absolute Gasteiger partial charge is 0.476 e. The monoisotopic (exact) mass is 630 g/mol. The Morgan fingerprint density at radius 3 is 1.05 bits per heavy atom. The number of hydrogen-bond donors (Lipinski definition) is 0. The Labute approximate surface area is 267 Å². The van der Waals surface area contributed by atoms with Crippen LogP contribution >= 0.6 is 20.6 Å². The minimum atomic E-state index is -1.63. The van der Waals surface area contributed by atoms with Gasteiger partial charge in [0.15, 0.2) is 9.87 Å². The van der Waals surface area contributed by atoms with Gasteiger partial charge in [0, 0.05) is 25.0 Å². The van der Waals surface area contributed by atoms with Crippen molar-refractivity contribution in [1.29, 1.82) is 0 Å². The molecule has 0 spiro atoms. The average molecular weight is 631 g/mol. The lowest BCUT2D eigenvalue weighted by atomic mass is 10.1. The first-order chi connectivity index (χ1) is 20.6. The minimum absolute atomic E-state index is 0.511. The van der Waals surface area contributed by atoms with Crippen LogP contribution in [-0.2, 0) is 0 Å². The SMILES string of the molecule is C=Cc1ccc(OC(C)(C)S(C)(C)Oc2ccc(-c3ccc(OC(C)(C)S(C)(C)Oc4ccc(C=C)cc4)cc3)cc2)cc1. The van der Waals surface area contributed by atoms with Crippen molar-refractivity contribution in [3.63, 3.8) is 0 Å². The Morgan fingerprint density at radius 1 is 0.455 bits per heavy atom. The Hall–Kier alpha value is -3.74. The summed E-state index contributed by atoms with van der Waals surface area (Å²) in [5, 5.41) is 0. The van der Waals surface area contributed by atoms with Crippen molar-refractivity contribution in [3.8, 4) is 34.1 Å². The van der Waals surface area contributed by atoms with E-state index in [1.807, 2.05) is 84.9 Å². The molecule has 4 aromatic carbocycles. The third-order valence-electron chi connectivity index (χ3n) is 7.98. The summed E-state index contributed by atoms with van der Waals surface area (Å²) in [6.45, 7) is 16.0. The molecule has 0 aromatic heterocycles. The first-order valence-corrected chi connectivity index (χ1v) is 19.3. The second-order valence-electron chi connectivity index (χ2n) is 12.2. The van der Waals surface area contributed by atoms with Crippen molar-refractivity contribution >= 4 is 32.8 Å². The van der Waals surface area contributed by atoms with Gasteiger partial charge in [-0.1, -0.05) is 94.5 Å². The highest BCUT2D eigenvalue weighted by atomic mass is 32.3. The van der Waals surface area contributed by atoms with Crippen LogP contribution in [-0.4, -0.2) is 34.9 Å². The summed E-state index contributed by atoms with van der Waals surface area (Å²) in [4.78, 5) is -1.03. The molecule has 0 saturated carbocycles. The van der Waals surface area contributed by atoms with Crippen LogP contribution in [0.2, 0.25) is 0 Å². The molecule has 4 rings (SSSR count). The van der Waals surface area contributed by atoms with Gasteiger partial charge in [0.05, 0.1) is 0 Å². The number of ether oxygens (including phenoxy) is 2. The zero-order chi connectivity index (χ0) is 32.2.